The van der Waals surface area contributed by atoms with Crippen molar-refractivity contribution in [2.45, 2.75) is 25.4 Å². The van der Waals surface area contributed by atoms with Gasteiger partial charge in [0, 0.05) is 13.2 Å². The standard InChI is InChI=1S/C12H18N4O2/c1-12(6-3-7-18-12)8-14-11(17)9-4-2-5-10(15-9)16-13/h2,4-5H,3,6-8,13H2,1H3,(H,14,17)(H,15,16). The molecular formula is C12H18N4O2. The zero-order chi connectivity index (χ0) is 13.0. The van der Waals surface area contributed by atoms with E-state index in [4.69, 9.17) is 10.6 Å². The molecule has 1 saturated heterocycles. The Balaban J connectivity index is 1.94. The molecule has 2 rings (SSSR count). The molecule has 98 valence electrons. The summed E-state index contributed by atoms with van der Waals surface area (Å²) in [7, 11) is 0. The van der Waals surface area contributed by atoms with E-state index in [-0.39, 0.29) is 11.5 Å². The third kappa shape index (κ3) is 2.96. The van der Waals surface area contributed by atoms with Crippen LogP contribution in [0.3, 0.4) is 0 Å². The van der Waals surface area contributed by atoms with E-state index in [9.17, 15) is 4.79 Å². The summed E-state index contributed by atoms with van der Waals surface area (Å²) in [6, 6.07) is 5.07. The molecule has 1 aliphatic rings. The number of aromatic nitrogens is 1. The van der Waals surface area contributed by atoms with Gasteiger partial charge in [0.05, 0.1) is 5.60 Å². The van der Waals surface area contributed by atoms with E-state index >= 15 is 0 Å². The number of nitrogen functional groups attached to an aromatic ring is 1. The summed E-state index contributed by atoms with van der Waals surface area (Å²) in [5.74, 6) is 5.49. The minimum atomic E-state index is -0.251. The summed E-state index contributed by atoms with van der Waals surface area (Å²) in [5, 5.41) is 2.84. The summed E-state index contributed by atoms with van der Waals surface area (Å²) in [6.45, 7) is 3.26. The van der Waals surface area contributed by atoms with Gasteiger partial charge in [-0.1, -0.05) is 6.07 Å². The first-order valence-corrected chi connectivity index (χ1v) is 5.99. The molecule has 1 aliphatic heterocycles. The van der Waals surface area contributed by atoms with Crippen molar-refractivity contribution in [3.05, 3.63) is 23.9 Å². The number of pyridine rings is 1. The average molecular weight is 250 g/mol. The molecule has 18 heavy (non-hydrogen) atoms. The van der Waals surface area contributed by atoms with Crippen LogP contribution in [0.1, 0.15) is 30.3 Å². The highest BCUT2D eigenvalue weighted by Gasteiger charge is 2.30. The normalized spacial score (nSPS) is 22.8. The van der Waals surface area contributed by atoms with E-state index in [1.807, 2.05) is 6.92 Å². The summed E-state index contributed by atoms with van der Waals surface area (Å²) in [6.07, 6.45) is 2.00. The fourth-order valence-corrected chi connectivity index (χ4v) is 1.98. The molecule has 1 amide bonds. The number of nitrogens with one attached hydrogen (secondary N) is 2. The average Bonchev–Trinajstić information content (AvgIpc) is 2.83. The number of amides is 1. The molecular weight excluding hydrogens is 232 g/mol. The van der Waals surface area contributed by atoms with Gasteiger partial charge in [-0.3, -0.25) is 4.79 Å². The predicted molar refractivity (Wildman–Crippen MR) is 68.0 cm³/mol. The maximum Gasteiger partial charge on any atom is 0.270 e. The van der Waals surface area contributed by atoms with Crippen LogP contribution in [0.25, 0.3) is 0 Å². The van der Waals surface area contributed by atoms with Crippen LogP contribution >= 0.6 is 0 Å². The number of hydrazine groups is 1. The van der Waals surface area contributed by atoms with Gasteiger partial charge in [0.15, 0.2) is 0 Å². The van der Waals surface area contributed by atoms with Crippen molar-refractivity contribution in [1.82, 2.24) is 10.3 Å². The molecule has 6 nitrogen and oxygen atoms in total. The number of carbonyl (C=O) groups is 1. The Hall–Kier alpha value is -1.66. The van der Waals surface area contributed by atoms with E-state index in [1.54, 1.807) is 18.2 Å². The molecule has 6 heteroatoms. The molecule has 1 aromatic rings. The van der Waals surface area contributed by atoms with Gasteiger partial charge in [-0.15, -0.1) is 0 Å². The third-order valence-corrected chi connectivity index (χ3v) is 3.05. The number of hydrogen-bond donors (Lipinski definition) is 3. The van der Waals surface area contributed by atoms with Crippen LogP contribution in [0.2, 0.25) is 0 Å². The highest BCUT2D eigenvalue weighted by molar-refractivity contribution is 5.92. The Morgan fingerprint density at radius 3 is 3.11 bits per heavy atom. The van der Waals surface area contributed by atoms with E-state index in [2.05, 4.69) is 15.7 Å². The molecule has 1 fully saturated rings. The van der Waals surface area contributed by atoms with Gasteiger partial charge < -0.3 is 15.5 Å². The highest BCUT2D eigenvalue weighted by Crippen LogP contribution is 2.23. The van der Waals surface area contributed by atoms with E-state index < -0.39 is 0 Å². The van der Waals surface area contributed by atoms with Crippen LogP contribution < -0.4 is 16.6 Å². The maximum atomic E-state index is 11.9. The van der Waals surface area contributed by atoms with Crippen molar-refractivity contribution >= 4 is 11.7 Å². The van der Waals surface area contributed by atoms with Crippen molar-refractivity contribution in [2.24, 2.45) is 5.84 Å². The van der Waals surface area contributed by atoms with E-state index in [1.165, 1.54) is 0 Å². The number of ether oxygens (including phenoxy) is 1. The summed E-state index contributed by atoms with van der Waals surface area (Å²) >= 11 is 0. The van der Waals surface area contributed by atoms with Crippen molar-refractivity contribution in [3.63, 3.8) is 0 Å². The smallest absolute Gasteiger partial charge is 0.270 e. The van der Waals surface area contributed by atoms with Gasteiger partial charge in [0.25, 0.3) is 5.91 Å². The molecule has 0 bridgehead atoms. The minimum Gasteiger partial charge on any atom is -0.373 e. The van der Waals surface area contributed by atoms with Gasteiger partial charge >= 0.3 is 0 Å². The van der Waals surface area contributed by atoms with Crippen molar-refractivity contribution in [3.8, 4) is 0 Å². The Morgan fingerprint density at radius 2 is 2.44 bits per heavy atom. The molecule has 0 radical (unpaired) electrons. The van der Waals surface area contributed by atoms with Crippen LogP contribution in [0.5, 0.6) is 0 Å². The molecule has 0 saturated carbocycles. The number of anilines is 1. The molecule has 0 spiro atoms. The maximum absolute atomic E-state index is 11.9. The van der Waals surface area contributed by atoms with Crippen molar-refractivity contribution in [1.29, 1.82) is 0 Å². The Bertz CT molecular complexity index is 430. The van der Waals surface area contributed by atoms with Gasteiger partial charge in [-0.25, -0.2) is 10.8 Å². The van der Waals surface area contributed by atoms with Crippen molar-refractivity contribution in [2.75, 3.05) is 18.6 Å². The fraction of sp³-hybridized carbons (Fsp3) is 0.500. The van der Waals surface area contributed by atoms with E-state index in [0.717, 1.165) is 19.4 Å². The van der Waals surface area contributed by atoms with Gasteiger partial charge in [-0.2, -0.15) is 0 Å². The number of rotatable bonds is 4. The largest absolute Gasteiger partial charge is 0.373 e. The minimum absolute atomic E-state index is 0.219. The Morgan fingerprint density at radius 1 is 1.61 bits per heavy atom. The highest BCUT2D eigenvalue weighted by atomic mass is 16.5. The van der Waals surface area contributed by atoms with Gasteiger partial charge in [-0.05, 0) is 31.9 Å². The first kappa shape index (κ1) is 12.8. The van der Waals surface area contributed by atoms with Crippen LogP contribution in [0, 0.1) is 0 Å². The van der Waals surface area contributed by atoms with E-state index in [0.29, 0.717) is 18.1 Å². The topological polar surface area (TPSA) is 89.3 Å². The Kier molecular flexibility index (Phi) is 3.78. The molecule has 0 aromatic carbocycles. The summed E-state index contributed by atoms with van der Waals surface area (Å²) < 4.78 is 5.60. The molecule has 1 atom stereocenters. The number of nitrogens with zero attached hydrogens (tertiary/aromatic N) is 1. The second-order valence-corrected chi connectivity index (χ2v) is 4.64. The Labute approximate surface area is 106 Å². The lowest BCUT2D eigenvalue weighted by atomic mass is 10.0. The molecule has 2 heterocycles. The number of hydrogen-bond acceptors (Lipinski definition) is 5. The van der Waals surface area contributed by atoms with Crippen LogP contribution in [0.4, 0.5) is 5.82 Å². The lowest BCUT2D eigenvalue weighted by Gasteiger charge is -2.23. The third-order valence-electron chi connectivity index (χ3n) is 3.05. The zero-order valence-corrected chi connectivity index (χ0v) is 10.4. The molecule has 0 aliphatic carbocycles. The SMILES string of the molecule is CC1(CNC(=O)c2cccc(NN)n2)CCCO1. The number of carbonyl (C=O) groups excluding carboxylic acids is 1. The first-order chi connectivity index (χ1) is 8.63. The first-order valence-electron chi connectivity index (χ1n) is 5.99. The van der Waals surface area contributed by atoms with Gasteiger partial charge in [0.1, 0.15) is 11.5 Å². The summed E-state index contributed by atoms with van der Waals surface area (Å²) in [4.78, 5) is 16.0. The van der Waals surface area contributed by atoms with Crippen LogP contribution in [0.15, 0.2) is 18.2 Å². The lowest BCUT2D eigenvalue weighted by Crippen LogP contribution is -2.40. The molecule has 1 unspecified atom stereocenters. The van der Waals surface area contributed by atoms with Crippen molar-refractivity contribution < 1.29 is 9.53 Å². The number of nitrogens with two attached hydrogens (primary N) is 1. The molecule has 4 N–H and O–H groups in total. The second-order valence-electron chi connectivity index (χ2n) is 4.64. The van der Waals surface area contributed by atoms with Crippen LogP contribution in [-0.4, -0.2) is 29.6 Å². The lowest BCUT2D eigenvalue weighted by molar-refractivity contribution is 0.0205. The zero-order valence-electron chi connectivity index (χ0n) is 10.4. The monoisotopic (exact) mass is 250 g/mol. The van der Waals surface area contributed by atoms with Crippen LogP contribution in [-0.2, 0) is 4.74 Å². The fourth-order valence-electron chi connectivity index (χ4n) is 1.98. The predicted octanol–water partition coefficient (Wildman–Crippen LogP) is 0.666. The summed E-state index contributed by atoms with van der Waals surface area (Å²) in [5.41, 5.74) is 2.50. The quantitative estimate of drug-likeness (QED) is 0.540. The van der Waals surface area contributed by atoms with Gasteiger partial charge in [0.2, 0.25) is 0 Å². The molecule has 1 aromatic heterocycles. The second kappa shape index (κ2) is 5.32.